The summed E-state index contributed by atoms with van der Waals surface area (Å²) in [6.07, 6.45) is 1.39. The Morgan fingerprint density at radius 2 is 1.87 bits per heavy atom. The molecule has 0 aliphatic heterocycles. The highest BCUT2D eigenvalue weighted by molar-refractivity contribution is 6.00. The van der Waals surface area contributed by atoms with Gasteiger partial charge in [0.2, 0.25) is 0 Å². The van der Waals surface area contributed by atoms with E-state index in [0.29, 0.717) is 5.56 Å². The van der Waals surface area contributed by atoms with Crippen molar-refractivity contribution in [2.75, 3.05) is 0 Å². The van der Waals surface area contributed by atoms with Gasteiger partial charge in [-0.15, -0.1) is 0 Å². The number of nitrogens with zero attached hydrogens (tertiary/aromatic N) is 1. The highest BCUT2D eigenvalue weighted by Crippen LogP contribution is 2.16. The molecule has 15 heavy (non-hydrogen) atoms. The Morgan fingerprint density at radius 3 is 2.27 bits per heavy atom. The van der Waals surface area contributed by atoms with Crippen molar-refractivity contribution in [1.82, 2.24) is 4.98 Å². The van der Waals surface area contributed by atoms with Gasteiger partial charge in [0.05, 0.1) is 5.56 Å². The predicted molar refractivity (Wildman–Crippen MR) is 52.2 cm³/mol. The van der Waals surface area contributed by atoms with E-state index in [4.69, 9.17) is 10.2 Å². The van der Waals surface area contributed by atoms with Crippen molar-refractivity contribution in [1.29, 1.82) is 0 Å². The molecule has 0 fully saturated rings. The fourth-order valence-corrected chi connectivity index (χ4v) is 1.13. The maximum Gasteiger partial charge on any atom is 0.355 e. The van der Waals surface area contributed by atoms with Gasteiger partial charge in [0, 0.05) is 6.20 Å². The third-order valence-corrected chi connectivity index (χ3v) is 2.01. The van der Waals surface area contributed by atoms with Crippen molar-refractivity contribution in [3.8, 4) is 0 Å². The molecule has 0 spiro atoms. The molecule has 0 atom stereocenters. The van der Waals surface area contributed by atoms with Crippen LogP contribution in [0.5, 0.6) is 0 Å². The summed E-state index contributed by atoms with van der Waals surface area (Å²) in [6, 6.07) is 1.35. The number of hydrogen-bond acceptors (Lipinski definition) is 3. The van der Waals surface area contributed by atoms with E-state index in [-0.39, 0.29) is 11.5 Å². The van der Waals surface area contributed by atoms with E-state index in [1.54, 1.807) is 0 Å². The molecule has 0 radical (unpaired) electrons. The van der Waals surface area contributed by atoms with Crippen molar-refractivity contribution < 1.29 is 19.8 Å². The molecule has 1 heterocycles. The fourth-order valence-electron chi connectivity index (χ4n) is 1.13. The van der Waals surface area contributed by atoms with E-state index in [0.717, 1.165) is 0 Å². The molecule has 0 saturated heterocycles. The van der Waals surface area contributed by atoms with E-state index in [1.165, 1.54) is 12.3 Å². The quantitative estimate of drug-likeness (QED) is 0.789. The molecule has 0 aliphatic carbocycles. The first-order valence-corrected chi connectivity index (χ1v) is 4.40. The van der Waals surface area contributed by atoms with Gasteiger partial charge in [-0.25, -0.2) is 14.6 Å². The molecule has 5 nitrogen and oxygen atoms in total. The van der Waals surface area contributed by atoms with Crippen LogP contribution in [0.25, 0.3) is 0 Å². The first-order valence-electron chi connectivity index (χ1n) is 4.40. The highest BCUT2D eigenvalue weighted by atomic mass is 16.4. The van der Waals surface area contributed by atoms with Gasteiger partial charge < -0.3 is 10.2 Å². The zero-order chi connectivity index (χ0) is 11.6. The number of carboxylic acids is 2. The lowest BCUT2D eigenvalue weighted by molar-refractivity contribution is 0.0646. The number of hydrogen-bond donors (Lipinski definition) is 2. The highest BCUT2D eigenvalue weighted by Gasteiger charge is 2.18. The molecule has 0 aromatic carbocycles. The average Bonchev–Trinajstić information content (AvgIpc) is 2.16. The number of pyridine rings is 1. The summed E-state index contributed by atoms with van der Waals surface area (Å²) >= 11 is 0. The van der Waals surface area contributed by atoms with Crippen molar-refractivity contribution in [3.05, 3.63) is 29.1 Å². The Morgan fingerprint density at radius 1 is 1.27 bits per heavy atom. The molecule has 1 rings (SSSR count). The molecule has 80 valence electrons. The molecular weight excluding hydrogens is 198 g/mol. The van der Waals surface area contributed by atoms with Crippen LogP contribution in [0.1, 0.15) is 46.2 Å². The molecule has 5 heteroatoms. The van der Waals surface area contributed by atoms with Crippen LogP contribution < -0.4 is 0 Å². The van der Waals surface area contributed by atoms with Gasteiger partial charge >= 0.3 is 11.9 Å². The third kappa shape index (κ3) is 2.31. The van der Waals surface area contributed by atoms with E-state index >= 15 is 0 Å². The number of aromatic nitrogens is 1. The Bertz CT molecular complexity index is 412. The zero-order valence-electron chi connectivity index (χ0n) is 8.39. The molecule has 0 unspecified atom stereocenters. The van der Waals surface area contributed by atoms with Gasteiger partial charge in [-0.3, -0.25) is 0 Å². The summed E-state index contributed by atoms with van der Waals surface area (Å²) in [4.78, 5) is 25.1. The molecule has 0 aliphatic rings. The lowest BCUT2D eigenvalue weighted by Gasteiger charge is -2.07. The average molecular weight is 209 g/mol. The van der Waals surface area contributed by atoms with Crippen molar-refractivity contribution in [2.45, 2.75) is 19.8 Å². The first-order chi connectivity index (χ1) is 6.93. The molecule has 0 amide bonds. The van der Waals surface area contributed by atoms with Crippen LogP contribution in [0, 0.1) is 0 Å². The van der Waals surface area contributed by atoms with Gasteiger partial charge in [-0.05, 0) is 17.5 Å². The van der Waals surface area contributed by atoms with E-state index < -0.39 is 17.6 Å². The topological polar surface area (TPSA) is 87.5 Å². The zero-order valence-corrected chi connectivity index (χ0v) is 8.39. The van der Waals surface area contributed by atoms with Crippen LogP contribution in [0.3, 0.4) is 0 Å². The second-order valence-electron chi connectivity index (χ2n) is 3.43. The standard InChI is InChI=1S/C10H11NO4/c1-5(2)6-3-7(9(12)13)8(10(14)15)11-4-6/h3-5H,1-2H3,(H,12,13)(H,14,15). The second-order valence-corrected chi connectivity index (χ2v) is 3.43. The summed E-state index contributed by atoms with van der Waals surface area (Å²) < 4.78 is 0. The maximum absolute atomic E-state index is 10.8. The number of aromatic carboxylic acids is 2. The molecule has 1 aromatic heterocycles. The largest absolute Gasteiger partial charge is 0.478 e. The van der Waals surface area contributed by atoms with Gasteiger partial charge in [0.1, 0.15) is 0 Å². The summed E-state index contributed by atoms with van der Waals surface area (Å²) in [6.45, 7) is 3.76. The monoisotopic (exact) mass is 209 g/mol. The minimum atomic E-state index is -1.33. The molecule has 2 N–H and O–H groups in total. The summed E-state index contributed by atoms with van der Waals surface area (Å²) in [5, 5.41) is 17.5. The molecular formula is C10H11NO4. The van der Waals surface area contributed by atoms with Crippen LogP contribution in [0.15, 0.2) is 12.3 Å². The van der Waals surface area contributed by atoms with Gasteiger partial charge in [0.25, 0.3) is 0 Å². The normalized spacial score (nSPS) is 10.3. The summed E-state index contributed by atoms with van der Waals surface area (Å²) in [7, 11) is 0. The third-order valence-electron chi connectivity index (χ3n) is 2.01. The Labute approximate surface area is 86.4 Å². The predicted octanol–water partition coefficient (Wildman–Crippen LogP) is 1.60. The summed E-state index contributed by atoms with van der Waals surface area (Å²) in [5.41, 5.74) is 0.0120. The van der Waals surface area contributed by atoms with Crippen molar-refractivity contribution >= 4 is 11.9 Å². The molecule has 0 bridgehead atoms. The van der Waals surface area contributed by atoms with Crippen molar-refractivity contribution in [2.24, 2.45) is 0 Å². The summed E-state index contributed by atoms with van der Waals surface area (Å²) in [5.74, 6) is -2.50. The van der Waals surface area contributed by atoms with Crippen LogP contribution in [-0.4, -0.2) is 27.1 Å². The minimum Gasteiger partial charge on any atom is -0.478 e. The number of carboxylic acid groups (broad SMARTS) is 2. The van der Waals surface area contributed by atoms with Gasteiger partial charge in [-0.2, -0.15) is 0 Å². The lowest BCUT2D eigenvalue weighted by atomic mass is 10.0. The maximum atomic E-state index is 10.8. The van der Waals surface area contributed by atoms with Crippen LogP contribution in [-0.2, 0) is 0 Å². The smallest absolute Gasteiger partial charge is 0.355 e. The molecule has 1 aromatic rings. The Kier molecular flexibility index (Phi) is 3.04. The van der Waals surface area contributed by atoms with Crippen LogP contribution >= 0.6 is 0 Å². The van der Waals surface area contributed by atoms with Crippen LogP contribution in [0.2, 0.25) is 0 Å². The minimum absolute atomic E-state index is 0.110. The van der Waals surface area contributed by atoms with E-state index in [2.05, 4.69) is 4.98 Å². The lowest BCUT2D eigenvalue weighted by Crippen LogP contribution is -2.11. The number of rotatable bonds is 3. The van der Waals surface area contributed by atoms with Gasteiger partial charge in [-0.1, -0.05) is 13.8 Å². The Balaban J connectivity index is 3.33. The SMILES string of the molecule is CC(C)c1cnc(C(=O)O)c(C(=O)O)c1. The van der Waals surface area contributed by atoms with E-state index in [9.17, 15) is 9.59 Å². The first kappa shape index (κ1) is 11.2. The fraction of sp³-hybridized carbons (Fsp3) is 0.300. The molecule has 0 saturated carbocycles. The van der Waals surface area contributed by atoms with Gasteiger partial charge in [0.15, 0.2) is 5.69 Å². The Hall–Kier alpha value is -1.91. The second kappa shape index (κ2) is 4.08. The van der Waals surface area contributed by atoms with Crippen LogP contribution in [0.4, 0.5) is 0 Å². The van der Waals surface area contributed by atoms with Crippen molar-refractivity contribution in [3.63, 3.8) is 0 Å². The van der Waals surface area contributed by atoms with E-state index in [1.807, 2.05) is 13.8 Å². The number of carbonyl (C=O) groups is 2.